The van der Waals surface area contributed by atoms with E-state index in [1.54, 1.807) is 0 Å². The first kappa shape index (κ1) is 13.6. The van der Waals surface area contributed by atoms with Crippen molar-refractivity contribution in [1.82, 2.24) is 9.97 Å². The summed E-state index contributed by atoms with van der Waals surface area (Å²) < 4.78 is 37.3. The van der Waals surface area contributed by atoms with Crippen molar-refractivity contribution < 1.29 is 13.2 Å². The molecule has 1 aromatic heterocycles. The van der Waals surface area contributed by atoms with Gasteiger partial charge in [-0.05, 0) is 5.56 Å². The number of alkyl halides is 3. The molecule has 0 fully saturated rings. The van der Waals surface area contributed by atoms with E-state index >= 15 is 0 Å². The van der Waals surface area contributed by atoms with Crippen molar-refractivity contribution in [3.63, 3.8) is 0 Å². The van der Waals surface area contributed by atoms with Gasteiger partial charge in [-0.15, -0.1) is 0 Å². The summed E-state index contributed by atoms with van der Waals surface area (Å²) in [5, 5.41) is 2.19. The van der Waals surface area contributed by atoms with Crippen LogP contribution in [-0.2, 0) is 12.7 Å². The van der Waals surface area contributed by atoms with Crippen LogP contribution in [0.4, 0.5) is 19.1 Å². The van der Waals surface area contributed by atoms with Gasteiger partial charge in [-0.2, -0.15) is 13.2 Å². The van der Waals surface area contributed by atoms with Gasteiger partial charge in [0.05, 0.1) is 0 Å². The quantitative estimate of drug-likeness (QED) is 0.874. The maximum atomic E-state index is 12.4. The Kier molecular flexibility index (Phi) is 3.90. The molecular weight excluding hydrogens is 279 g/mol. The Morgan fingerprint density at radius 2 is 1.84 bits per heavy atom. The first-order chi connectivity index (χ1) is 8.97. The molecule has 1 aromatic carbocycles. The van der Waals surface area contributed by atoms with Gasteiger partial charge in [0, 0.05) is 12.7 Å². The normalized spacial score (nSPS) is 11.4. The zero-order chi connectivity index (χ0) is 13.9. The number of rotatable bonds is 3. The monoisotopic (exact) mass is 287 g/mol. The van der Waals surface area contributed by atoms with Gasteiger partial charge in [0.15, 0.2) is 0 Å². The zero-order valence-corrected chi connectivity index (χ0v) is 10.3. The Morgan fingerprint density at radius 3 is 2.42 bits per heavy atom. The molecule has 0 spiro atoms. The van der Waals surface area contributed by atoms with Gasteiger partial charge in [-0.3, -0.25) is 0 Å². The van der Waals surface area contributed by atoms with Crippen LogP contribution in [0.2, 0.25) is 5.15 Å². The molecular formula is C12H9ClF3N3. The number of anilines is 1. The Hall–Kier alpha value is -1.82. The lowest BCUT2D eigenvalue weighted by molar-refractivity contribution is -0.137. The van der Waals surface area contributed by atoms with E-state index in [-0.39, 0.29) is 5.95 Å². The SMILES string of the molecule is FC(F)(F)c1cnc(NCc2ccccc2)nc1Cl. The summed E-state index contributed by atoms with van der Waals surface area (Å²) in [4.78, 5) is 7.17. The van der Waals surface area contributed by atoms with Crippen LogP contribution >= 0.6 is 11.6 Å². The third-order valence-corrected chi connectivity index (χ3v) is 2.63. The molecule has 0 saturated heterocycles. The Bertz CT molecular complexity index is 558. The van der Waals surface area contributed by atoms with Crippen LogP contribution in [0.3, 0.4) is 0 Å². The van der Waals surface area contributed by atoms with E-state index in [0.717, 1.165) is 5.56 Å². The number of hydrogen-bond acceptors (Lipinski definition) is 3. The van der Waals surface area contributed by atoms with Gasteiger partial charge >= 0.3 is 6.18 Å². The van der Waals surface area contributed by atoms with Gasteiger partial charge in [0.1, 0.15) is 10.7 Å². The lowest BCUT2D eigenvalue weighted by Crippen LogP contribution is -2.10. The first-order valence-electron chi connectivity index (χ1n) is 5.34. The summed E-state index contributed by atoms with van der Waals surface area (Å²) in [7, 11) is 0. The fourth-order valence-corrected chi connectivity index (χ4v) is 1.65. The second-order valence-electron chi connectivity index (χ2n) is 3.74. The van der Waals surface area contributed by atoms with E-state index in [1.165, 1.54) is 0 Å². The third kappa shape index (κ3) is 3.57. The van der Waals surface area contributed by atoms with Crippen LogP contribution in [0.15, 0.2) is 36.5 Å². The Labute approximate surface area is 112 Å². The molecule has 0 aliphatic heterocycles. The largest absolute Gasteiger partial charge is 0.420 e. The summed E-state index contributed by atoms with van der Waals surface area (Å²) >= 11 is 5.48. The van der Waals surface area contributed by atoms with E-state index in [9.17, 15) is 13.2 Å². The molecule has 0 atom stereocenters. The molecule has 0 bridgehead atoms. The molecule has 19 heavy (non-hydrogen) atoms. The Balaban J connectivity index is 2.09. The number of benzene rings is 1. The van der Waals surface area contributed by atoms with Crippen molar-refractivity contribution in [3.05, 3.63) is 52.8 Å². The highest BCUT2D eigenvalue weighted by atomic mass is 35.5. The molecule has 0 saturated carbocycles. The molecule has 0 radical (unpaired) electrons. The average molecular weight is 288 g/mol. The first-order valence-corrected chi connectivity index (χ1v) is 5.72. The lowest BCUT2D eigenvalue weighted by Gasteiger charge is -2.09. The molecule has 1 heterocycles. The average Bonchev–Trinajstić information content (AvgIpc) is 2.36. The molecule has 0 amide bonds. The predicted molar refractivity (Wildman–Crippen MR) is 65.8 cm³/mol. The molecule has 2 aromatic rings. The van der Waals surface area contributed by atoms with Gasteiger partial charge in [-0.1, -0.05) is 41.9 Å². The fourth-order valence-electron chi connectivity index (χ4n) is 1.41. The van der Waals surface area contributed by atoms with E-state index in [0.29, 0.717) is 12.7 Å². The smallest absolute Gasteiger partial charge is 0.350 e. The number of halogens is 4. The van der Waals surface area contributed by atoms with Crippen LogP contribution in [0, 0.1) is 0 Å². The van der Waals surface area contributed by atoms with E-state index in [2.05, 4.69) is 15.3 Å². The maximum Gasteiger partial charge on any atom is 0.420 e. The summed E-state index contributed by atoms with van der Waals surface area (Å²) in [6.07, 6.45) is -3.88. The molecule has 3 nitrogen and oxygen atoms in total. The summed E-state index contributed by atoms with van der Waals surface area (Å²) in [6.45, 7) is 0.405. The highest BCUT2D eigenvalue weighted by Crippen LogP contribution is 2.33. The van der Waals surface area contributed by atoms with Crippen LogP contribution in [0.25, 0.3) is 0 Å². The van der Waals surface area contributed by atoms with Crippen LogP contribution in [0.1, 0.15) is 11.1 Å². The molecule has 0 unspecified atom stereocenters. The van der Waals surface area contributed by atoms with Gasteiger partial charge in [0.2, 0.25) is 5.95 Å². The van der Waals surface area contributed by atoms with Crippen molar-refractivity contribution in [2.24, 2.45) is 0 Å². The summed E-state index contributed by atoms with van der Waals surface area (Å²) in [5.74, 6) is 0.0573. The molecule has 1 N–H and O–H groups in total. The van der Waals surface area contributed by atoms with Gasteiger partial charge < -0.3 is 5.32 Å². The zero-order valence-electron chi connectivity index (χ0n) is 9.58. The fraction of sp³-hybridized carbons (Fsp3) is 0.167. The minimum Gasteiger partial charge on any atom is -0.350 e. The molecule has 0 aliphatic carbocycles. The number of nitrogens with zero attached hydrogens (tertiary/aromatic N) is 2. The highest BCUT2D eigenvalue weighted by molar-refractivity contribution is 6.30. The molecule has 0 aliphatic rings. The van der Waals surface area contributed by atoms with Crippen molar-refractivity contribution in [1.29, 1.82) is 0 Å². The van der Waals surface area contributed by atoms with E-state index < -0.39 is 16.9 Å². The second-order valence-corrected chi connectivity index (χ2v) is 4.09. The summed E-state index contributed by atoms with van der Waals surface area (Å²) in [6, 6.07) is 9.33. The molecule has 2 rings (SSSR count). The minimum atomic E-state index is -4.55. The maximum absolute atomic E-state index is 12.4. The van der Waals surface area contributed by atoms with Gasteiger partial charge in [-0.25, -0.2) is 9.97 Å². The molecule has 100 valence electrons. The Morgan fingerprint density at radius 1 is 1.16 bits per heavy atom. The van der Waals surface area contributed by atoms with Crippen molar-refractivity contribution in [3.8, 4) is 0 Å². The minimum absolute atomic E-state index is 0.0573. The second kappa shape index (κ2) is 5.44. The molecule has 7 heteroatoms. The van der Waals surface area contributed by atoms with Crippen molar-refractivity contribution in [2.45, 2.75) is 12.7 Å². The topological polar surface area (TPSA) is 37.8 Å². The number of hydrogen-bond donors (Lipinski definition) is 1. The highest BCUT2D eigenvalue weighted by Gasteiger charge is 2.34. The lowest BCUT2D eigenvalue weighted by atomic mass is 10.2. The predicted octanol–water partition coefficient (Wildman–Crippen LogP) is 3.76. The van der Waals surface area contributed by atoms with Crippen molar-refractivity contribution >= 4 is 17.5 Å². The van der Waals surface area contributed by atoms with E-state index in [1.807, 2.05) is 30.3 Å². The van der Waals surface area contributed by atoms with Crippen molar-refractivity contribution in [2.75, 3.05) is 5.32 Å². The van der Waals surface area contributed by atoms with Gasteiger partial charge in [0.25, 0.3) is 0 Å². The number of nitrogens with one attached hydrogen (secondary N) is 1. The summed E-state index contributed by atoms with van der Waals surface area (Å²) in [5.41, 5.74) is -0.0819. The van der Waals surface area contributed by atoms with Crippen LogP contribution < -0.4 is 5.32 Å². The van der Waals surface area contributed by atoms with Crippen LogP contribution in [0.5, 0.6) is 0 Å². The standard InChI is InChI=1S/C12H9ClF3N3/c13-10-9(12(14,15)16)7-18-11(19-10)17-6-8-4-2-1-3-5-8/h1-5,7H,6H2,(H,17,18,19). The third-order valence-electron chi connectivity index (χ3n) is 2.34. The van der Waals surface area contributed by atoms with Crippen LogP contribution in [-0.4, -0.2) is 9.97 Å². The van der Waals surface area contributed by atoms with E-state index in [4.69, 9.17) is 11.6 Å². The number of aromatic nitrogens is 2.